The van der Waals surface area contributed by atoms with Gasteiger partial charge in [-0.1, -0.05) is 44.2 Å². The maximum absolute atomic E-state index is 12.1. The molecule has 24 heavy (non-hydrogen) atoms. The summed E-state index contributed by atoms with van der Waals surface area (Å²) in [6, 6.07) is 9.00. The first kappa shape index (κ1) is 19.4. The minimum absolute atomic E-state index is 0.0154. The molecule has 130 valence electrons. The van der Waals surface area contributed by atoms with Gasteiger partial charge in [-0.25, -0.2) is 4.79 Å². The molecule has 0 spiro atoms. The second-order valence-corrected chi connectivity index (χ2v) is 5.83. The third-order valence-electron chi connectivity index (χ3n) is 3.36. The smallest absolute Gasteiger partial charge is 0.355 e. The molecule has 0 radical (unpaired) electrons. The molecule has 1 rings (SSSR count). The third-order valence-corrected chi connectivity index (χ3v) is 3.36. The van der Waals surface area contributed by atoms with Crippen LogP contribution in [-0.4, -0.2) is 30.4 Å². The van der Waals surface area contributed by atoms with Gasteiger partial charge in [-0.05, 0) is 24.5 Å². The fraction of sp³-hybridized carbons (Fsp3) is 0.389. The highest BCUT2D eigenvalue weighted by molar-refractivity contribution is 5.98. The van der Waals surface area contributed by atoms with E-state index in [0.29, 0.717) is 0 Å². The minimum Gasteiger partial charge on any atom is -0.451 e. The van der Waals surface area contributed by atoms with Crippen LogP contribution in [0.2, 0.25) is 0 Å². The van der Waals surface area contributed by atoms with Gasteiger partial charge in [0.15, 0.2) is 6.61 Å². The van der Waals surface area contributed by atoms with E-state index in [1.807, 2.05) is 39.0 Å². The number of carbonyl (C=O) groups excluding carboxylic acids is 3. The molecule has 6 nitrogen and oxygen atoms in total. The maximum atomic E-state index is 12.1. The van der Waals surface area contributed by atoms with Crippen molar-refractivity contribution in [1.29, 1.82) is 0 Å². The van der Waals surface area contributed by atoms with Crippen molar-refractivity contribution < 1.29 is 19.1 Å². The Bertz CT molecular complexity index is 609. The van der Waals surface area contributed by atoms with Crippen molar-refractivity contribution in [3.8, 4) is 0 Å². The number of amides is 2. The number of hydrogen-bond acceptors (Lipinski definition) is 4. The van der Waals surface area contributed by atoms with E-state index < -0.39 is 18.5 Å². The Balaban J connectivity index is 2.71. The van der Waals surface area contributed by atoms with Crippen LogP contribution in [0.3, 0.4) is 0 Å². The second kappa shape index (κ2) is 9.50. The lowest BCUT2D eigenvalue weighted by molar-refractivity contribution is -0.145. The Labute approximate surface area is 142 Å². The van der Waals surface area contributed by atoms with Gasteiger partial charge in [0.2, 0.25) is 5.91 Å². The topological polar surface area (TPSA) is 84.5 Å². The molecule has 0 fully saturated rings. The van der Waals surface area contributed by atoms with Crippen molar-refractivity contribution in [2.75, 3.05) is 6.61 Å². The first-order chi connectivity index (χ1) is 11.3. The summed E-state index contributed by atoms with van der Waals surface area (Å²) < 4.78 is 4.99. The Morgan fingerprint density at radius 2 is 1.75 bits per heavy atom. The third kappa shape index (κ3) is 7.09. The zero-order valence-electron chi connectivity index (χ0n) is 14.5. The molecule has 0 aliphatic heterocycles. The van der Waals surface area contributed by atoms with Crippen LogP contribution in [0, 0.1) is 5.92 Å². The van der Waals surface area contributed by atoms with Crippen LogP contribution in [0.4, 0.5) is 0 Å². The van der Waals surface area contributed by atoms with Crippen molar-refractivity contribution in [2.24, 2.45) is 5.92 Å². The Morgan fingerprint density at radius 1 is 1.12 bits per heavy atom. The monoisotopic (exact) mass is 332 g/mol. The molecule has 1 aromatic carbocycles. The summed E-state index contributed by atoms with van der Waals surface area (Å²) >= 11 is 0. The molecule has 1 atom stereocenters. The van der Waals surface area contributed by atoms with Gasteiger partial charge < -0.3 is 15.4 Å². The van der Waals surface area contributed by atoms with E-state index in [0.717, 1.165) is 5.56 Å². The van der Waals surface area contributed by atoms with Crippen LogP contribution < -0.4 is 10.6 Å². The first-order valence-corrected chi connectivity index (χ1v) is 7.80. The molecule has 0 saturated heterocycles. The van der Waals surface area contributed by atoms with E-state index in [-0.39, 0.29) is 23.6 Å². The Morgan fingerprint density at radius 3 is 2.29 bits per heavy atom. The van der Waals surface area contributed by atoms with Crippen LogP contribution in [0.25, 0.3) is 6.08 Å². The first-order valence-electron chi connectivity index (χ1n) is 7.80. The largest absolute Gasteiger partial charge is 0.451 e. The van der Waals surface area contributed by atoms with Crippen molar-refractivity contribution in [3.63, 3.8) is 0 Å². The predicted molar refractivity (Wildman–Crippen MR) is 91.6 cm³/mol. The van der Waals surface area contributed by atoms with Gasteiger partial charge in [-0.15, -0.1) is 0 Å². The second-order valence-electron chi connectivity index (χ2n) is 5.83. The normalized spacial score (nSPS) is 12.5. The molecule has 0 unspecified atom stereocenters. The zero-order chi connectivity index (χ0) is 18.1. The Kier molecular flexibility index (Phi) is 7.68. The fourth-order valence-corrected chi connectivity index (χ4v) is 1.72. The van der Waals surface area contributed by atoms with Crippen molar-refractivity contribution in [2.45, 2.75) is 33.7 Å². The Hall–Kier alpha value is -2.63. The summed E-state index contributed by atoms with van der Waals surface area (Å²) in [4.78, 5) is 35.2. The lowest BCUT2D eigenvalue weighted by Crippen LogP contribution is -2.39. The molecule has 6 heteroatoms. The molecule has 0 aliphatic rings. The highest BCUT2D eigenvalue weighted by atomic mass is 16.5. The standard InChI is InChI=1S/C18H24N2O4/c1-12(2)13(3)19-17(22)11-24-18(23)16(20-14(4)21)10-15-8-6-5-7-9-15/h5-10,12-13H,11H2,1-4H3,(H,19,22)(H,20,21)/b16-10-/t13-/m1/s1. The van der Waals surface area contributed by atoms with E-state index in [1.54, 1.807) is 12.1 Å². The lowest BCUT2D eigenvalue weighted by Gasteiger charge is -2.17. The molecule has 2 N–H and O–H groups in total. The van der Waals surface area contributed by atoms with Gasteiger partial charge in [-0.3, -0.25) is 9.59 Å². The molecule has 0 aliphatic carbocycles. The fourth-order valence-electron chi connectivity index (χ4n) is 1.72. The van der Waals surface area contributed by atoms with Crippen LogP contribution in [0.15, 0.2) is 36.0 Å². The summed E-state index contributed by atoms with van der Waals surface area (Å²) in [6.45, 7) is 6.73. The molecule has 0 bridgehead atoms. The quantitative estimate of drug-likeness (QED) is 0.590. The molecule has 0 aromatic heterocycles. The van der Waals surface area contributed by atoms with E-state index >= 15 is 0 Å². The summed E-state index contributed by atoms with van der Waals surface area (Å²) in [5, 5.41) is 5.17. The molecule has 1 aromatic rings. The predicted octanol–water partition coefficient (Wildman–Crippen LogP) is 1.87. The number of esters is 1. The summed E-state index contributed by atoms with van der Waals surface area (Å²) in [5.41, 5.74) is 0.717. The SMILES string of the molecule is CC(=O)N/C(=C\c1ccccc1)C(=O)OCC(=O)N[C@H](C)C(C)C. The van der Waals surface area contributed by atoms with Gasteiger partial charge in [-0.2, -0.15) is 0 Å². The van der Waals surface area contributed by atoms with E-state index in [1.165, 1.54) is 13.0 Å². The number of carbonyl (C=O) groups is 3. The maximum Gasteiger partial charge on any atom is 0.355 e. The van der Waals surface area contributed by atoms with Gasteiger partial charge >= 0.3 is 5.97 Å². The van der Waals surface area contributed by atoms with Crippen LogP contribution in [0.1, 0.15) is 33.3 Å². The average Bonchev–Trinajstić information content (AvgIpc) is 2.52. The van der Waals surface area contributed by atoms with Crippen LogP contribution in [0.5, 0.6) is 0 Å². The van der Waals surface area contributed by atoms with Crippen LogP contribution >= 0.6 is 0 Å². The minimum atomic E-state index is -0.763. The molecule has 0 heterocycles. The number of rotatable bonds is 7. The van der Waals surface area contributed by atoms with Crippen molar-refractivity contribution in [1.82, 2.24) is 10.6 Å². The molecule has 0 saturated carbocycles. The van der Waals surface area contributed by atoms with Gasteiger partial charge in [0.1, 0.15) is 5.70 Å². The van der Waals surface area contributed by atoms with Crippen molar-refractivity contribution in [3.05, 3.63) is 41.6 Å². The lowest BCUT2D eigenvalue weighted by atomic mass is 10.1. The summed E-state index contributed by atoms with van der Waals surface area (Å²) in [6.07, 6.45) is 1.50. The summed E-state index contributed by atoms with van der Waals surface area (Å²) in [7, 11) is 0. The van der Waals surface area contributed by atoms with Crippen LogP contribution in [-0.2, 0) is 19.1 Å². The van der Waals surface area contributed by atoms with E-state index in [9.17, 15) is 14.4 Å². The average molecular weight is 332 g/mol. The number of hydrogen-bond donors (Lipinski definition) is 2. The number of benzene rings is 1. The van der Waals surface area contributed by atoms with Gasteiger partial charge in [0.25, 0.3) is 5.91 Å². The molecular formula is C18H24N2O4. The zero-order valence-corrected chi connectivity index (χ0v) is 14.5. The van der Waals surface area contributed by atoms with Crippen molar-refractivity contribution >= 4 is 23.9 Å². The highest BCUT2D eigenvalue weighted by Gasteiger charge is 2.16. The van der Waals surface area contributed by atoms with Gasteiger partial charge in [0, 0.05) is 13.0 Å². The number of ether oxygens (including phenoxy) is 1. The van der Waals surface area contributed by atoms with Gasteiger partial charge in [0.05, 0.1) is 0 Å². The van der Waals surface area contributed by atoms with E-state index in [4.69, 9.17) is 4.74 Å². The molecule has 2 amide bonds. The molecular weight excluding hydrogens is 308 g/mol. The number of nitrogens with one attached hydrogen (secondary N) is 2. The highest BCUT2D eigenvalue weighted by Crippen LogP contribution is 2.06. The van der Waals surface area contributed by atoms with E-state index in [2.05, 4.69) is 10.6 Å². The summed E-state index contributed by atoms with van der Waals surface area (Å²) in [5.74, 6) is -1.27.